The van der Waals surface area contributed by atoms with Crippen molar-refractivity contribution in [1.29, 1.82) is 0 Å². The first-order chi connectivity index (χ1) is 6.00. The number of ether oxygens (including phenoxy) is 1. The molecule has 0 heterocycles. The van der Waals surface area contributed by atoms with Gasteiger partial charge in [0.25, 0.3) is 0 Å². The second kappa shape index (κ2) is 2.67. The second-order valence-electron chi connectivity index (χ2n) is 4.01. The van der Waals surface area contributed by atoms with Gasteiger partial charge in [0, 0.05) is 12.5 Å². The molecule has 2 saturated carbocycles. The molecule has 2 aliphatic rings. The van der Waals surface area contributed by atoms with E-state index in [1.807, 2.05) is 0 Å². The van der Waals surface area contributed by atoms with Crippen LogP contribution in [0.5, 0.6) is 0 Å². The zero-order chi connectivity index (χ0) is 9.69. The fourth-order valence-corrected chi connectivity index (χ4v) is 4.02. The summed E-state index contributed by atoms with van der Waals surface area (Å²) in [6.45, 7) is 0. The minimum Gasteiger partial charge on any atom is -0.381 e. The molecule has 0 radical (unpaired) electrons. The lowest BCUT2D eigenvalue weighted by Crippen LogP contribution is -2.63. The van der Waals surface area contributed by atoms with Gasteiger partial charge in [-0.15, -0.1) is 3.89 Å². The molecule has 76 valence electrons. The van der Waals surface area contributed by atoms with Crippen LogP contribution in [0.2, 0.25) is 0 Å². The summed E-state index contributed by atoms with van der Waals surface area (Å²) in [5, 5.41) is -0.793. The van der Waals surface area contributed by atoms with Gasteiger partial charge in [-0.2, -0.15) is 8.42 Å². The normalized spacial score (nSPS) is 36.8. The van der Waals surface area contributed by atoms with Crippen molar-refractivity contribution in [2.75, 3.05) is 7.11 Å². The van der Waals surface area contributed by atoms with Crippen molar-refractivity contribution in [3.8, 4) is 0 Å². The Morgan fingerprint density at radius 1 is 1.46 bits per heavy atom. The molecule has 0 N–H and O–H groups in total. The van der Waals surface area contributed by atoms with Crippen molar-refractivity contribution in [3.63, 3.8) is 0 Å². The van der Waals surface area contributed by atoms with Crippen molar-refractivity contribution in [2.24, 2.45) is 5.41 Å². The minimum atomic E-state index is -4.36. The lowest BCUT2D eigenvalue weighted by molar-refractivity contribution is -0.131. The van der Waals surface area contributed by atoms with E-state index in [0.29, 0.717) is 6.42 Å². The summed E-state index contributed by atoms with van der Waals surface area (Å²) in [7, 11) is -2.80. The third-order valence-corrected chi connectivity index (χ3v) is 4.96. The molecular weight excluding hydrogens is 195 g/mol. The monoisotopic (exact) mass is 208 g/mol. The van der Waals surface area contributed by atoms with Gasteiger partial charge in [0.2, 0.25) is 0 Å². The van der Waals surface area contributed by atoms with Gasteiger partial charge in [0.15, 0.2) is 0 Å². The van der Waals surface area contributed by atoms with Crippen LogP contribution in [0.3, 0.4) is 0 Å². The Balaban J connectivity index is 2.19. The van der Waals surface area contributed by atoms with E-state index in [2.05, 4.69) is 0 Å². The van der Waals surface area contributed by atoms with Gasteiger partial charge in [-0.05, 0) is 19.3 Å². The maximum atomic E-state index is 12.8. The van der Waals surface area contributed by atoms with Crippen LogP contribution in [0.4, 0.5) is 3.89 Å². The molecule has 2 fully saturated rings. The first-order valence-electron chi connectivity index (χ1n) is 4.47. The van der Waals surface area contributed by atoms with E-state index in [0.717, 1.165) is 19.3 Å². The molecule has 0 aromatic carbocycles. The lowest BCUT2D eigenvalue weighted by atomic mass is 9.54. The molecule has 1 spiro atoms. The highest BCUT2D eigenvalue weighted by Gasteiger charge is 2.63. The quantitative estimate of drug-likeness (QED) is 0.641. The van der Waals surface area contributed by atoms with Crippen LogP contribution in [0.25, 0.3) is 0 Å². The number of halogens is 1. The lowest BCUT2D eigenvalue weighted by Gasteiger charge is -2.58. The smallest absolute Gasteiger partial charge is 0.306 e. The van der Waals surface area contributed by atoms with Crippen molar-refractivity contribution >= 4 is 10.2 Å². The van der Waals surface area contributed by atoms with Crippen LogP contribution < -0.4 is 0 Å². The Hall–Kier alpha value is -0.160. The number of hydrogen-bond donors (Lipinski definition) is 0. The molecule has 2 aliphatic carbocycles. The number of methoxy groups -OCH3 is 1. The van der Waals surface area contributed by atoms with E-state index in [-0.39, 0.29) is 11.5 Å². The van der Waals surface area contributed by atoms with E-state index in [1.165, 1.54) is 0 Å². The van der Waals surface area contributed by atoms with Gasteiger partial charge in [0.05, 0.1) is 6.10 Å². The van der Waals surface area contributed by atoms with Crippen LogP contribution in [0.15, 0.2) is 0 Å². The summed E-state index contributed by atoms with van der Waals surface area (Å²) >= 11 is 0. The molecule has 5 heteroatoms. The number of hydrogen-bond acceptors (Lipinski definition) is 3. The van der Waals surface area contributed by atoms with E-state index in [4.69, 9.17) is 4.74 Å². The molecule has 2 rings (SSSR count). The van der Waals surface area contributed by atoms with Gasteiger partial charge in [-0.1, -0.05) is 6.42 Å². The van der Waals surface area contributed by atoms with E-state index in [1.54, 1.807) is 7.11 Å². The SMILES string of the molecule is COC1CC(S(=O)(=O)F)C12CCC2. The molecule has 13 heavy (non-hydrogen) atoms. The standard InChI is InChI=1S/C8H13FO3S/c1-12-6-5-7(13(9,10)11)8(6)3-2-4-8/h6-7H,2-5H2,1H3. The molecule has 0 aromatic heterocycles. The van der Waals surface area contributed by atoms with Crippen molar-refractivity contribution in [2.45, 2.75) is 37.0 Å². The predicted octanol–water partition coefficient (Wildman–Crippen LogP) is 1.24. The van der Waals surface area contributed by atoms with E-state index in [9.17, 15) is 12.3 Å². The summed E-state index contributed by atoms with van der Waals surface area (Å²) in [6, 6.07) is 0. The van der Waals surface area contributed by atoms with Crippen LogP contribution in [-0.2, 0) is 15.0 Å². The summed E-state index contributed by atoms with van der Waals surface area (Å²) in [4.78, 5) is 0. The highest BCUT2D eigenvalue weighted by atomic mass is 32.3. The molecule has 0 amide bonds. The summed E-state index contributed by atoms with van der Waals surface area (Å²) in [5.74, 6) is 0. The minimum absolute atomic E-state index is 0.0447. The van der Waals surface area contributed by atoms with Crippen molar-refractivity contribution in [1.82, 2.24) is 0 Å². The van der Waals surface area contributed by atoms with Crippen molar-refractivity contribution < 1.29 is 17.0 Å². The Kier molecular flexibility index (Phi) is 1.93. The first-order valence-corrected chi connectivity index (χ1v) is 5.91. The van der Waals surface area contributed by atoms with Crippen LogP contribution in [0, 0.1) is 5.41 Å². The molecule has 0 aliphatic heterocycles. The predicted molar refractivity (Wildman–Crippen MR) is 45.5 cm³/mol. The first kappa shape index (κ1) is 9.40. The largest absolute Gasteiger partial charge is 0.381 e. The molecule has 3 nitrogen and oxygen atoms in total. The summed E-state index contributed by atoms with van der Waals surface area (Å²) in [5.41, 5.74) is -0.373. The summed E-state index contributed by atoms with van der Waals surface area (Å²) < 4.78 is 39.4. The van der Waals surface area contributed by atoms with Crippen LogP contribution in [-0.4, -0.2) is 26.9 Å². The Bertz CT molecular complexity index is 307. The maximum absolute atomic E-state index is 12.8. The van der Waals surface area contributed by atoms with Gasteiger partial charge >= 0.3 is 10.2 Å². The van der Waals surface area contributed by atoms with Crippen LogP contribution >= 0.6 is 0 Å². The molecule has 2 atom stereocenters. The molecule has 0 aromatic rings. The molecular formula is C8H13FO3S. The average molecular weight is 208 g/mol. The molecule has 0 bridgehead atoms. The Labute approximate surface area is 77.5 Å². The van der Waals surface area contributed by atoms with E-state index < -0.39 is 15.5 Å². The van der Waals surface area contributed by atoms with Gasteiger partial charge in [-0.3, -0.25) is 0 Å². The van der Waals surface area contributed by atoms with Crippen molar-refractivity contribution in [3.05, 3.63) is 0 Å². The van der Waals surface area contributed by atoms with E-state index >= 15 is 0 Å². The molecule has 0 saturated heterocycles. The van der Waals surface area contributed by atoms with Crippen LogP contribution in [0.1, 0.15) is 25.7 Å². The number of rotatable bonds is 2. The zero-order valence-corrected chi connectivity index (χ0v) is 8.31. The third-order valence-electron chi connectivity index (χ3n) is 3.62. The average Bonchev–Trinajstić information content (AvgIpc) is 1.78. The Morgan fingerprint density at radius 3 is 2.38 bits per heavy atom. The second-order valence-corrected chi connectivity index (χ2v) is 5.53. The molecule has 2 unspecified atom stereocenters. The third kappa shape index (κ3) is 1.13. The summed E-state index contributed by atoms with van der Waals surface area (Å²) in [6.07, 6.45) is 2.86. The topological polar surface area (TPSA) is 43.4 Å². The maximum Gasteiger partial charge on any atom is 0.306 e. The van der Waals surface area contributed by atoms with Gasteiger partial charge < -0.3 is 4.74 Å². The highest BCUT2D eigenvalue weighted by Crippen LogP contribution is 2.59. The fourth-order valence-electron chi connectivity index (χ4n) is 2.67. The zero-order valence-electron chi connectivity index (χ0n) is 7.49. The fraction of sp³-hybridized carbons (Fsp3) is 1.00. The van der Waals surface area contributed by atoms with Gasteiger partial charge in [0.1, 0.15) is 5.25 Å². The van der Waals surface area contributed by atoms with Gasteiger partial charge in [-0.25, -0.2) is 0 Å². The Morgan fingerprint density at radius 2 is 2.08 bits per heavy atom. The highest BCUT2D eigenvalue weighted by molar-refractivity contribution is 7.87.